The van der Waals surface area contributed by atoms with E-state index in [1.165, 1.54) is 6.92 Å². The first-order valence-corrected chi connectivity index (χ1v) is 6.21. The van der Waals surface area contributed by atoms with E-state index in [0.717, 1.165) is 11.8 Å². The summed E-state index contributed by atoms with van der Waals surface area (Å²) in [7, 11) is 3.57. The summed E-state index contributed by atoms with van der Waals surface area (Å²) in [6.07, 6.45) is -0.199. The number of hydrogen-bond acceptors (Lipinski definition) is 6. The first kappa shape index (κ1) is 16.7. The van der Waals surface area contributed by atoms with Crippen molar-refractivity contribution < 1.29 is 14.4 Å². The van der Waals surface area contributed by atoms with Gasteiger partial charge < -0.3 is 5.32 Å². The summed E-state index contributed by atoms with van der Waals surface area (Å²) in [5.41, 5.74) is 0. The van der Waals surface area contributed by atoms with Gasteiger partial charge in [0.05, 0.1) is 5.37 Å². The zero-order chi connectivity index (χ0) is 14.1. The fourth-order valence-corrected chi connectivity index (χ4v) is 1.93. The molecule has 0 radical (unpaired) electrons. The Morgan fingerprint density at radius 2 is 1.89 bits per heavy atom. The van der Waals surface area contributed by atoms with E-state index in [9.17, 15) is 19.3 Å². The second-order valence-corrected chi connectivity index (χ2v) is 5.07. The molecule has 1 N–H and O–H groups in total. The van der Waals surface area contributed by atoms with Gasteiger partial charge in [-0.2, -0.15) is 0 Å². The molecule has 7 nitrogen and oxygen atoms in total. The Hall–Kier alpha value is -1.28. The van der Waals surface area contributed by atoms with Crippen LogP contribution in [0.25, 0.3) is 0 Å². The Balaban J connectivity index is 4.15. The van der Waals surface area contributed by atoms with Gasteiger partial charge in [0.15, 0.2) is 5.12 Å². The van der Waals surface area contributed by atoms with E-state index in [0.29, 0.717) is 6.54 Å². The number of carbonyl (C=O) groups excluding carboxylic acids is 3. The topological polar surface area (TPSA) is 95.9 Å². The first-order valence-electron chi connectivity index (χ1n) is 5.33. The average molecular weight is 275 g/mol. The maximum Gasteiger partial charge on any atom is 0.286 e. The molecule has 102 valence electrons. The summed E-state index contributed by atoms with van der Waals surface area (Å²) in [5.74, 6) is -0.998. The van der Waals surface area contributed by atoms with E-state index in [2.05, 4.69) is 10.5 Å². The maximum atomic E-state index is 11.6. The van der Waals surface area contributed by atoms with Crippen molar-refractivity contribution in [2.75, 3.05) is 20.6 Å². The lowest BCUT2D eigenvalue weighted by Gasteiger charge is -2.22. The highest BCUT2D eigenvalue weighted by Crippen LogP contribution is 2.16. The van der Waals surface area contributed by atoms with Crippen LogP contribution in [0.5, 0.6) is 0 Å². The fourth-order valence-electron chi connectivity index (χ4n) is 1.03. The third-order valence-electron chi connectivity index (χ3n) is 2.01. The van der Waals surface area contributed by atoms with Crippen molar-refractivity contribution in [1.29, 1.82) is 0 Å². The largest absolute Gasteiger partial charge is 0.354 e. The summed E-state index contributed by atoms with van der Waals surface area (Å²) < 4.78 is 0. The molecular weight excluding hydrogens is 258 g/mol. The van der Waals surface area contributed by atoms with Crippen molar-refractivity contribution in [3.8, 4) is 0 Å². The minimum Gasteiger partial charge on any atom is -0.354 e. The molecule has 8 heteroatoms. The summed E-state index contributed by atoms with van der Waals surface area (Å²) in [6.45, 7) is 1.73. The molecule has 0 rings (SSSR count). The van der Waals surface area contributed by atoms with Gasteiger partial charge in [0, 0.05) is 31.5 Å². The standard InChI is InChI=1S/C10H17N3O4S/c1-7(14)11-6-9(13(2)3)18-10(16)5-4-8(15)12-17/h9H,4-6H2,1-3H3,(H,11,14). The zero-order valence-electron chi connectivity index (χ0n) is 10.6. The Kier molecular flexibility index (Phi) is 8.14. The normalized spacial score (nSPS) is 12.0. The second-order valence-electron chi connectivity index (χ2n) is 3.83. The molecular formula is C10H17N3O4S. The predicted octanol–water partition coefficient (Wildman–Crippen LogP) is 0.343. The van der Waals surface area contributed by atoms with Gasteiger partial charge in [0.2, 0.25) is 5.91 Å². The number of amides is 2. The van der Waals surface area contributed by atoms with Crippen molar-refractivity contribution in [1.82, 2.24) is 10.2 Å². The quantitative estimate of drug-likeness (QED) is 0.532. The third-order valence-corrected chi connectivity index (χ3v) is 3.34. The molecule has 0 heterocycles. The lowest BCUT2D eigenvalue weighted by molar-refractivity contribution is -0.120. The van der Waals surface area contributed by atoms with E-state index in [-0.39, 0.29) is 29.2 Å². The molecule has 0 aromatic carbocycles. The van der Waals surface area contributed by atoms with Crippen LogP contribution in [0.4, 0.5) is 0 Å². The number of carbonyl (C=O) groups is 3. The monoisotopic (exact) mass is 275 g/mol. The van der Waals surface area contributed by atoms with Crippen LogP contribution >= 0.6 is 11.8 Å². The van der Waals surface area contributed by atoms with Crippen molar-refractivity contribution in [3.63, 3.8) is 0 Å². The van der Waals surface area contributed by atoms with Gasteiger partial charge in [-0.05, 0) is 14.1 Å². The molecule has 2 amide bonds. The Labute approximate surface area is 110 Å². The molecule has 0 aliphatic carbocycles. The minimum atomic E-state index is -0.827. The van der Waals surface area contributed by atoms with Crippen molar-refractivity contribution in [3.05, 3.63) is 4.91 Å². The molecule has 0 aromatic rings. The number of nitrogens with zero attached hydrogens (tertiary/aromatic N) is 2. The smallest absolute Gasteiger partial charge is 0.286 e. The molecule has 18 heavy (non-hydrogen) atoms. The van der Waals surface area contributed by atoms with Gasteiger partial charge >= 0.3 is 0 Å². The highest BCUT2D eigenvalue weighted by atomic mass is 32.2. The van der Waals surface area contributed by atoms with Crippen LogP contribution in [0.15, 0.2) is 5.18 Å². The van der Waals surface area contributed by atoms with E-state index >= 15 is 0 Å². The van der Waals surface area contributed by atoms with Gasteiger partial charge in [-0.25, -0.2) is 0 Å². The SMILES string of the molecule is CC(=O)NCC(SC(=O)CCC(=O)N=O)N(C)C. The number of nitroso groups, excluding NO2 is 1. The molecule has 0 aromatic heterocycles. The first-order chi connectivity index (χ1) is 8.36. The summed E-state index contributed by atoms with van der Waals surface area (Å²) in [4.78, 5) is 44.6. The molecule has 0 aliphatic heterocycles. The van der Waals surface area contributed by atoms with Crippen LogP contribution in [0.1, 0.15) is 19.8 Å². The molecule has 0 spiro atoms. The predicted molar refractivity (Wildman–Crippen MR) is 68.8 cm³/mol. The van der Waals surface area contributed by atoms with Crippen LogP contribution in [-0.2, 0) is 14.4 Å². The molecule has 0 fully saturated rings. The number of likely N-dealkylation sites (N-methyl/N-ethyl adjacent to an activating group) is 1. The van der Waals surface area contributed by atoms with Crippen LogP contribution < -0.4 is 5.32 Å². The lowest BCUT2D eigenvalue weighted by Crippen LogP contribution is -2.38. The fraction of sp³-hybridized carbons (Fsp3) is 0.700. The zero-order valence-corrected chi connectivity index (χ0v) is 11.5. The van der Waals surface area contributed by atoms with Crippen molar-refractivity contribution >= 4 is 28.7 Å². The second kappa shape index (κ2) is 8.76. The number of thioether (sulfide) groups is 1. The van der Waals surface area contributed by atoms with E-state index in [4.69, 9.17) is 0 Å². The highest BCUT2D eigenvalue weighted by molar-refractivity contribution is 8.14. The lowest BCUT2D eigenvalue weighted by atomic mass is 10.3. The Morgan fingerprint density at radius 3 is 2.33 bits per heavy atom. The van der Waals surface area contributed by atoms with Crippen LogP contribution in [0.2, 0.25) is 0 Å². The van der Waals surface area contributed by atoms with Crippen molar-refractivity contribution in [2.24, 2.45) is 5.18 Å². The number of hydrogen-bond donors (Lipinski definition) is 1. The van der Waals surface area contributed by atoms with Crippen molar-refractivity contribution in [2.45, 2.75) is 25.1 Å². The Morgan fingerprint density at radius 1 is 1.28 bits per heavy atom. The summed E-state index contributed by atoms with van der Waals surface area (Å²) in [5, 5.41) is 4.42. The van der Waals surface area contributed by atoms with Crippen LogP contribution in [0.3, 0.4) is 0 Å². The van der Waals surface area contributed by atoms with Gasteiger partial charge in [0.25, 0.3) is 5.91 Å². The van der Waals surface area contributed by atoms with Gasteiger partial charge in [-0.15, -0.1) is 4.91 Å². The summed E-state index contributed by atoms with van der Waals surface area (Å²) >= 11 is 1.02. The van der Waals surface area contributed by atoms with E-state index < -0.39 is 5.91 Å². The Bertz CT molecular complexity index is 333. The van der Waals surface area contributed by atoms with Gasteiger partial charge in [-0.1, -0.05) is 11.8 Å². The molecule has 0 aliphatic rings. The van der Waals surface area contributed by atoms with E-state index in [1.54, 1.807) is 19.0 Å². The average Bonchev–Trinajstić information content (AvgIpc) is 2.30. The number of rotatable bonds is 7. The molecule has 0 saturated carbocycles. The minimum absolute atomic E-state index is 0.0281. The molecule has 1 unspecified atom stereocenters. The highest BCUT2D eigenvalue weighted by Gasteiger charge is 2.18. The van der Waals surface area contributed by atoms with Gasteiger partial charge in [-0.3, -0.25) is 19.3 Å². The van der Waals surface area contributed by atoms with Crippen LogP contribution in [-0.4, -0.2) is 47.8 Å². The molecule has 0 bridgehead atoms. The third kappa shape index (κ3) is 7.91. The van der Waals surface area contributed by atoms with Gasteiger partial charge in [0.1, 0.15) is 0 Å². The molecule has 1 atom stereocenters. The maximum absolute atomic E-state index is 11.6. The number of nitrogens with one attached hydrogen (secondary N) is 1. The summed E-state index contributed by atoms with van der Waals surface area (Å²) in [6, 6.07) is 0. The van der Waals surface area contributed by atoms with E-state index in [1.807, 2.05) is 0 Å². The molecule has 0 saturated heterocycles. The van der Waals surface area contributed by atoms with Crippen LogP contribution in [0, 0.1) is 4.91 Å².